The van der Waals surface area contributed by atoms with Gasteiger partial charge in [0.15, 0.2) is 17.4 Å². The molecular weight excluding hydrogens is 278 g/mol. The summed E-state index contributed by atoms with van der Waals surface area (Å²) in [5, 5.41) is -0.371. The third kappa shape index (κ3) is 2.14. The smallest absolute Gasteiger partial charge is 0.179 e. The molecule has 102 valence electrons. The van der Waals surface area contributed by atoms with Crippen molar-refractivity contribution in [1.82, 2.24) is 0 Å². The lowest BCUT2D eigenvalue weighted by molar-refractivity contribution is 0.0985. The van der Waals surface area contributed by atoms with Gasteiger partial charge in [-0.3, -0.25) is 4.79 Å². The predicted molar refractivity (Wildman–Crippen MR) is 75.2 cm³/mol. The van der Waals surface area contributed by atoms with Gasteiger partial charge in [0.2, 0.25) is 0 Å². The molecule has 0 fully saturated rings. The molecule has 1 nitrogen and oxygen atoms in total. The van der Waals surface area contributed by atoms with Gasteiger partial charge in [-0.05, 0) is 36.6 Å². The first kappa shape index (κ1) is 13.3. The zero-order valence-electron chi connectivity index (χ0n) is 10.8. The van der Waals surface area contributed by atoms with Crippen LogP contribution < -0.4 is 0 Å². The third-order valence-electron chi connectivity index (χ3n) is 3.48. The Balaban J connectivity index is 1.91. The Kier molecular flexibility index (Phi) is 3.34. The zero-order valence-corrected chi connectivity index (χ0v) is 11.6. The molecule has 1 atom stereocenters. The average Bonchev–Trinajstić information content (AvgIpc) is 2.88. The molecule has 2 aromatic carbocycles. The van der Waals surface area contributed by atoms with Crippen molar-refractivity contribution < 1.29 is 13.6 Å². The Morgan fingerprint density at radius 3 is 2.65 bits per heavy atom. The first-order valence-corrected chi connectivity index (χ1v) is 7.19. The molecule has 4 heteroatoms. The number of Topliss-reactive ketones (excluding diaryl/α,β-unsaturated/α-hetero) is 1. The van der Waals surface area contributed by atoms with Crippen LogP contribution >= 0.6 is 11.8 Å². The summed E-state index contributed by atoms with van der Waals surface area (Å²) in [6.07, 6.45) is 0.564. The van der Waals surface area contributed by atoms with Crippen LogP contribution in [0.5, 0.6) is 0 Å². The van der Waals surface area contributed by atoms with Crippen molar-refractivity contribution in [1.29, 1.82) is 0 Å². The van der Waals surface area contributed by atoms with Crippen LogP contribution in [0, 0.1) is 18.6 Å². The summed E-state index contributed by atoms with van der Waals surface area (Å²) in [5.74, 6) is -2.31. The molecule has 1 unspecified atom stereocenters. The SMILES string of the molecule is Cc1ccc(C(=O)C2Cc3ccccc3S2)c(F)c1F. The number of benzene rings is 2. The first-order valence-electron chi connectivity index (χ1n) is 6.31. The van der Waals surface area contributed by atoms with Crippen LogP contribution in [0.25, 0.3) is 0 Å². The molecule has 1 aliphatic heterocycles. The molecule has 1 aliphatic rings. The van der Waals surface area contributed by atoms with Gasteiger partial charge in [0.25, 0.3) is 0 Å². The van der Waals surface area contributed by atoms with Crippen LogP contribution in [0.2, 0.25) is 0 Å². The molecule has 0 amide bonds. The van der Waals surface area contributed by atoms with Crippen LogP contribution in [0.4, 0.5) is 8.78 Å². The minimum Gasteiger partial charge on any atom is -0.293 e. The largest absolute Gasteiger partial charge is 0.293 e. The van der Waals surface area contributed by atoms with Crippen molar-refractivity contribution in [2.45, 2.75) is 23.5 Å². The average molecular weight is 290 g/mol. The summed E-state index contributed by atoms with van der Waals surface area (Å²) in [6.45, 7) is 1.48. The van der Waals surface area contributed by atoms with Gasteiger partial charge in [0.05, 0.1) is 10.8 Å². The van der Waals surface area contributed by atoms with Crippen molar-refractivity contribution in [3.8, 4) is 0 Å². The number of hydrogen-bond acceptors (Lipinski definition) is 2. The number of carbonyl (C=O) groups excluding carboxylic acids is 1. The summed E-state index contributed by atoms with van der Waals surface area (Å²) in [5.41, 5.74) is 1.14. The predicted octanol–water partition coefficient (Wildman–Crippen LogP) is 4.17. The number of fused-ring (bicyclic) bond motifs is 1. The van der Waals surface area contributed by atoms with E-state index in [0.29, 0.717) is 6.42 Å². The maximum atomic E-state index is 13.9. The standard InChI is InChI=1S/C16H12F2OS/c1-9-6-7-11(15(18)14(9)17)16(19)13-8-10-4-2-3-5-12(10)20-13/h2-7,13H,8H2,1H3. The number of carbonyl (C=O) groups is 1. The zero-order chi connectivity index (χ0) is 14.3. The maximum absolute atomic E-state index is 13.9. The Hall–Kier alpha value is -1.68. The van der Waals surface area contributed by atoms with E-state index in [2.05, 4.69) is 0 Å². The van der Waals surface area contributed by atoms with Crippen LogP contribution in [-0.4, -0.2) is 11.0 Å². The minimum atomic E-state index is -1.04. The van der Waals surface area contributed by atoms with Gasteiger partial charge in [-0.1, -0.05) is 24.3 Å². The highest BCUT2D eigenvalue weighted by Gasteiger charge is 2.31. The van der Waals surface area contributed by atoms with E-state index in [9.17, 15) is 13.6 Å². The summed E-state index contributed by atoms with van der Waals surface area (Å²) >= 11 is 1.42. The number of rotatable bonds is 2. The highest BCUT2D eigenvalue weighted by molar-refractivity contribution is 8.01. The number of thioether (sulfide) groups is 1. The van der Waals surface area contributed by atoms with Gasteiger partial charge < -0.3 is 0 Å². The van der Waals surface area contributed by atoms with Crippen LogP contribution in [0.15, 0.2) is 41.3 Å². The highest BCUT2D eigenvalue weighted by Crippen LogP contribution is 2.38. The van der Waals surface area contributed by atoms with Gasteiger partial charge in [0.1, 0.15) is 0 Å². The van der Waals surface area contributed by atoms with Crippen molar-refractivity contribution in [3.05, 3.63) is 64.7 Å². The lowest BCUT2D eigenvalue weighted by Gasteiger charge is -2.09. The number of hydrogen-bond donors (Lipinski definition) is 0. The van der Waals surface area contributed by atoms with Gasteiger partial charge in [-0.25, -0.2) is 8.78 Å². The Labute approximate surface area is 120 Å². The van der Waals surface area contributed by atoms with Crippen LogP contribution in [0.1, 0.15) is 21.5 Å². The normalized spacial score (nSPS) is 17.1. The topological polar surface area (TPSA) is 17.1 Å². The lowest BCUT2D eigenvalue weighted by atomic mass is 10.0. The maximum Gasteiger partial charge on any atom is 0.179 e. The van der Waals surface area contributed by atoms with E-state index in [0.717, 1.165) is 10.5 Å². The summed E-state index contributed by atoms with van der Waals surface area (Å²) in [4.78, 5) is 13.4. The van der Waals surface area contributed by atoms with Crippen LogP contribution in [0.3, 0.4) is 0 Å². The summed E-state index contributed by atoms with van der Waals surface area (Å²) in [7, 11) is 0. The van der Waals surface area contributed by atoms with Gasteiger partial charge in [-0.15, -0.1) is 11.8 Å². The van der Waals surface area contributed by atoms with E-state index in [4.69, 9.17) is 0 Å². The van der Waals surface area contributed by atoms with Crippen molar-refractivity contribution in [2.24, 2.45) is 0 Å². The van der Waals surface area contributed by atoms with Gasteiger partial charge in [-0.2, -0.15) is 0 Å². The molecule has 20 heavy (non-hydrogen) atoms. The molecule has 2 aromatic rings. The molecule has 0 radical (unpaired) electrons. The fourth-order valence-electron chi connectivity index (χ4n) is 2.34. The molecular formula is C16H12F2OS. The lowest BCUT2D eigenvalue weighted by Crippen LogP contribution is -2.18. The Bertz CT molecular complexity index is 672. The fraction of sp³-hybridized carbons (Fsp3) is 0.188. The first-order chi connectivity index (χ1) is 9.58. The van der Waals surface area contributed by atoms with E-state index < -0.39 is 11.6 Å². The monoisotopic (exact) mass is 290 g/mol. The quantitative estimate of drug-likeness (QED) is 0.772. The summed E-state index contributed by atoms with van der Waals surface area (Å²) < 4.78 is 27.5. The molecule has 0 N–H and O–H groups in total. The van der Waals surface area contributed by atoms with Crippen molar-refractivity contribution in [2.75, 3.05) is 0 Å². The van der Waals surface area contributed by atoms with E-state index in [1.54, 1.807) is 0 Å². The van der Waals surface area contributed by atoms with E-state index in [1.807, 2.05) is 24.3 Å². The number of aryl methyl sites for hydroxylation is 1. The third-order valence-corrected chi connectivity index (χ3v) is 4.80. The molecule has 0 bridgehead atoms. The van der Waals surface area contributed by atoms with Crippen molar-refractivity contribution >= 4 is 17.5 Å². The highest BCUT2D eigenvalue weighted by atomic mass is 32.2. The Morgan fingerprint density at radius 1 is 1.15 bits per heavy atom. The minimum absolute atomic E-state index is 0.154. The number of ketones is 1. The molecule has 1 heterocycles. The molecule has 0 aromatic heterocycles. The summed E-state index contributed by atoms with van der Waals surface area (Å²) in [6, 6.07) is 10.5. The van der Waals surface area contributed by atoms with E-state index in [-0.39, 0.29) is 22.2 Å². The van der Waals surface area contributed by atoms with Crippen molar-refractivity contribution in [3.63, 3.8) is 0 Å². The molecule has 0 spiro atoms. The van der Waals surface area contributed by atoms with E-state index in [1.165, 1.54) is 30.8 Å². The van der Waals surface area contributed by atoms with E-state index >= 15 is 0 Å². The second kappa shape index (κ2) is 5.02. The number of halogens is 2. The molecule has 3 rings (SSSR count). The molecule has 0 aliphatic carbocycles. The second-order valence-electron chi connectivity index (χ2n) is 4.84. The van der Waals surface area contributed by atoms with Gasteiger partial charge >= 0.3 is 0 Å². The fourth-order valence-corrected chi connectivity index (χ4v) is 3.60. The second-order valence-corrected chi connectivity index (χ2v) is 6.09. The van der Waals surface area contributed by atoms with Gasteiger partial charge in [0, 0.05) is 4.90 Å². The molecule has 0 saturated heterocycles. The Morgan fingerprint density at radius 2 is 1.90 bits per heavy atom. The van der Waals surface area contributed by atoms with Crippen LogP contribution in [-0.2, 0) is 6.42 Å². The molecule has 0 saturated carbocycles.